The molecule has 1 aliphatic heterocycles. The van der Waals surface area contributed by atoms with Gasteiger partial charge in [0.05, 0.1) is 11.4 Å². The molecule has 0 unspecified atom stereocenters. The number of fused-ring (bicyclic) bond motifs is 1. The molecule has 0 saturated carbocycles. The summed E-state index contributed by atoms with van der Waals surface area (Å²) in [6, 6.07) is 16.0. The van der Waals surface area contributed by atoms with Crippen molar-refractivity contribution in [3.8, 4) is 11.5 Å². The topological polar surface area (TPSA) is 124 Å². The summed E-state index contributed by atoms with van der Waals surface area (Å²) in [5.41, 5.74) is 1.66. The standard InChI is InChI=1S/C24H21N5O5S/c30-24(26-23-9-11-29(27-23)16-17-2-1-10-25-15-17)18-3-5-19(6-4-18)28-35(31,32)20-7-8-21-22(14-20)34-13-12-33-21/h1-11,14-15,28H,12-13,16H2,(H,26,27,30). The van der Waals surface area contributed by atoms with E-state index in [2.05, 4.69) is 20.1 Å². The maximum absolute atomic E-state index is 12.8. The van der Waals surface area contributed by atoms with Crippen LogP contribution in [-0.2, 0) is 16.6 Å². The average molecular weight is 492 g/mol. The first kappa shape index (κ1) is 22.4. The molecule has 0 saturated heterocycles. The predicted octanol–water partition coefficient (Wildman–Crippen LogP) is 3.15. The van der Waals surface area contributed by atoms with Gasteiger partial charge in [0.25, 0.3) is 15.9 Å². The van der Waals surface area contributed by atoms with E-state index in [0.29, 0.717) is 48.3 Å². The molecule has 0 spiro atoms. The third-order valence-corrected chi connectivity index (χ3v) is 6.55. The number of ether oxygens (including phenoxy) is 2. The number of carbonyl (C=O) groups excluding carboxylic acids is 1. The monoisotopic (exact) mass is 491 g/mol. The number of anilines is 2. The van der Waals surface area contributed by atoms with Crippen LogP contribution in [0.15, 0.2) is 84.1 Å². The van der Waals surface area contributed by atoms with Crippen LogP contribution in [-0.4, -0.2) is 42.3 Å². The fourth-order valence-electron chi connectivity index (χ4n) is 3.48. The maximum atomic E-state index is 12.8. The number of pyridine rings is 1. The largest absolute Gasteiger partial charge is 0.486 e. The Morgan fingerprint density at radius 2 is 1.80 bits per heavy atom. The second-order valence-corrected chi connectivity index (χ2v) is 9.38. The smallest absolute Gasteiger partial charge is 0.262 e. The minimum Gasteiger partial charge on any atom is -0.486 e. The number of rotatable bonds is 7. The molecule has 0 atom stereocenters. The molecule has 5 rings (SSSR count). The lowest BCUT2D eigenvalue weighted by Gasteiger charge is -2.19. The highest BCUT2D eigenvalue weighted by Gasteiger charge is 2.20. The number of aromatic nitrogens is 3. The Bertz CT molecular complexity index is 1450. The molecule has 3 heterocycles. The Morgan fingerprint density at radius 1 is 1.00 bits per heavy atom. The fourth-order valence-corrected chi connectivity index (χ4v) is 4.55. The van der Waals surface area contributed by atoms with Gasteiger partial charge in [-0.15, -0.1) is 0 Å². The third kappa shape index (κ3) is 5.25. The van der Waals surface area contributed by atoms with E-state index >= 15 is 0 Å². The quantitative estimate of drug-likeness (QED) is 0.407. The van der Waals surface area contributed by atoms with Crippen molar-refractivity contribution in [3.05, 3.63) is 90.4 Å². The predicted molar refractivity (Wildman–Crippen MR) is 128 cm³/mol. The van der Waals surface area contributed by atoms with E-state index in [9.17, 15) is 13.2 Å². The molecule has 11 heteroatoms. The number of amides is 1. The Kier molecular flexibility index (Phi) is 6.06. The Balaban J connectivity index is 1.22. The van der Waals surface area contributed by atoms with Crippen molar-refractivity contribution >= 4 is 27.4 Å². The normalized spacial score (nSPS) is 12.7. The molecular weight excluding hydrogens is 470 g/mol. The molecule has 178 valence electrons. The number of hydrogen-bond donors (Lipinski definition) is 2. The van der Waals surface area contributed by atoms with Crippen LogP contribution < -0.4 is 19.5 Å². The first-order valence-electron chi connectivity index (χ1n) is 10.7. The van der Waals surface area contributed by atoms with E-state index in [4.69, 9.17) is 9.47 Å². The van der Waals surface area contributed by atoms with Crippen LogP contribution in [0.4, 0.5) is 11.5 Å². The van der Waals surface area contributed by atoms with E-state index < -0.39 is 10.0 Å². The number of sulfonamides is 1. The molecule has 1 amide bonds. The molecule has 0 fully saturated rings. The van der Waals surface area contributed by atoms with Crippen LogP contribution in [0.1, 0.15) is 15.9 Å². The van der Waals surface area contributed by atoms with Gasteiger partial charge in [-0.2, -0.15) is 5.10 Å². The van der Waals surface area contributed by atoms with Gasteiger partial charge >= 0.3 is 0 Å². The number of benzene rings is 2. The zero-order valence-electron chi connectivity index (χ0n) is 18.4. The lowest BCUT2D eigenvalue weighted by Crippen LogP contribution is -2.17. The van der Waals surface area contributed by atoms with Crippen LogP contribution in [0.2, 0.25) is 0 Å². The molecule has 1 aliphatic rings. The van der Waals surface area contributed by atoms with Crippen LogP contribution in [0.3, 0.4) is 0 Å². The van der Waals surface area contributed by atoms with Gasteiger partial charge in [-0.1, -0.05) is 6.07 Å². The minimum absolute atomic E-state index is 0.0467. The van der Waals surface area contributed by atoms with Gasteiger partial charge in [0.1, 0.15) is 13.2 Å². The van der Waals surface area contributed by atoms with E-state index in [-0.39, 0.29) is 10.8 Å². The summed E-state index contributed by atoms with van der Waals surface area (Å²) in [4.78, 5) is 16.7. The van der Waals surface area contributed by atoms with E-state index in [1.165, 1.54) is 36.4 Å². The second kappa shape index (κ2) is 9.47. The molecule has 2 aromatic heterocycles. The van der Waals surface area contributed by atoms with Gasteiger partial charge in [0.15, 0.2) is 17.3 Å². The Hall–Kier alpha value is -4.38. The molecule has 2 aromatic carbocycles. The molecule has 0 aliphatic carbocycles. The van der Waals surface area contributed by atoms with Gasteiger partial charge in [0, 0.05) is 42.0 Å². The van der Waals surface area contributed by atoms with E-state index in [1.54, 1.807) is 35.4 Å². The summed E-state index contributed by atoms with van der Waals surface area (Å²) >= 11 is 0. The lowest BCUT2D eigenvalue weighted by molar-refractivity contribution is 0.102. The van der Waals surface area contributed by atoms with Gasteiger partial charge in [-0.3, -0.25) is 19.2 Å². The van der Waals surface area contributed by atoms with Crippen molar-refractivity contribution < 1.29 is 22.7 Å². The molecular formula is C24H21N5O5S. The van der Waals surface area contributed by atoms with Crippen LogP contribution >= 0.6 is 0 Å². The van der Waals surface area contributed by atoms with Crippen molar-refractivity contribution in [1.29, 1.82) is 0 Å². The number of nitrogens with one attached hydrogen (secondary N) is 2. The molecule has 10 nitrogen and oxygen atoms in total. The van der Waals surface area contributed by atoms with E-state index in [1.807, 2.05) is 12.1 Å². The third-order valence-electron chi connectivity index (χ3n) is 5.17. The highest BCUT2D eigenvalue weighted by atomic mass is 32.2. The van der Waals surface area contributed by atoms with Crippen LogP contribution in [0.5, 0.6) is 11.5 Å². The zero-order chi connectivity index (χ0) is 24.3. The average Bonchev–Trinajstić information content (AvgIpc) is 3.31. The molecule has 0 radical (unpaired) electrons. The fraction of sp³-hybridized carbons (Fsp3) is 0.125. The van der Waals surface area contributed by atoms with Crippen LogP contribution in [0, 0.1) is 0 Å². The summed E-state index contributed by atoms with van der Waals surface area (Å²) in [6.07, 6.45) is 5.22. The Morgan fingerprint density at radius 3 is 2.57 bits per heavy atom. The van der Waals surface area contributed by atoms with Gasteiger partial charge in [0.2, 0.25) is 0 Å². The zero-order valence-corrected chi connectivity index (χ0v) is 19.2. The van der Waals surface area contributed by atoms with Gasteiger partial charge < -0.3 is 14.8 Å². The number of nitrogens with zero attached hydrogens (tertiary/aromatic N) is 3. The summed E-state index contributed by atoms with van der Waals surface area (Å²) in [7, 11) is -3.85. The minimum atomic E-state index is -3.85. The van der Waals surface area contributed by atoms with Gasteiger partial charge in [-0.05, 0) is 48.0 Å². The maximum Gasteiger partial charge on any atom is 0.262 e. The van der Waals surface area contributed by atoms with Crippen molar-refractivity contribution in [2.75, 3.05) is 23.3 Å². The second-order valence-electron chi connectivity index (χ2n) is 7.70. The highest BCUT2D eigenvalue weighted by Crippen LogP contribution is 2.32. The number of carbonyl (C=O) groups is 1. The molecule has 0 bridgehead atoms. The lowest BCUT2D eigenvalue weighted by atomic mass is 10.2. The first-order valence-corrected chi connectivity index (χ1v) is 12.2. The summed E-state index contributed by atoms with van der Waals surface area (Å²) < 4.78 is 40.7. The molecule has 2 N–H and O–H groups in total. The van der Waals surface area contributed by atoms with Gasteiger partial charge in [-0.25, -0.2) is 8.42 Å². The van der Waals surface area contributed by atoms with Crippen molar-refractivity contribution in [3.63, 3.8) is 0 Å². The molecule has 4 aromatic rings. The van der Waals surface area contributed by atoms with Crippen LogP contribution in [0.25, 0.3) is 0 Å². The SMILES string of the molecule is O=C(Nc1ccn(Cc2cccnc2)n1)c1ccc(NS(=O)(=O)c2ccc3c(c2)OCCO3)cc1. The summed E-state index contributed by atoms with van der Waals surface area (Å²) in [5, 5.41) is 7.08. The van der Waals surface area contributed by atoms with Crippen molar-refractivity contribution in [2.45, 2.75) is 11.4 Å². The summed E-state index contributed by atoms with van der Waals surface area (Å²) in [6.45, 7) is 1.31. The highest BCUT2D eigenvalue weighted by molar-refractivity contribution is 7.92. The summed E-state index contributed by atoms with van der Waals surface area (Å²) in [5.74, 6) is 0.932. The van der Waals surface area contributed by atoms with Crippen molar-refractivity contribution in [2.24, 2.45) is 0 Å². The van der Waals surface area contributed by atoms with Crippen molar-refractivity contribution in [1.82, 2.24) is 14.8 Å². The molecule has 35 heavy (non-hydrogen) atoms. The first-order chi connectivity index (χ1) is 17.0. The van der Waals surface area contributed by atoms with E-state index in [0.717, 1.165) is 5.56 Å². The number of hydrogen-bond acceptors (Lipinski definition) is 7. The Labute approximate surface area is 201 Å².